The van der Waals surface area contributed by atoms with Gasteiger partial charge in [0.15, 0.2) is 16.6 Å². The fourth-order valence-electron chi connectivity index (χ4n) is 3.77. The summed E-state index contributed by atoms with van der Waals surface area (Å²) in [5, 5.41) is 12.6. The maximum atomic E-state index is 14.4. The molecule has 2 N–H and O–H groups in total. The molecule has 30 heavy (non-hydrogen) atoms. The van der Waals surface area contributed by atoms with Crippen molar-refractivity contribution in [2.24, 2.45) is 0 Å². The predicted molar refractivity (Wildman–Crippen MR) is 113 cm³/mol. The van der Waals surface area contributed by atoms with Gasteiger partial charge >= 0.3 is 5.69 Å². The number of aryl methyl sites for hydroxylation is 1. The standard InChI is InChI=1S/C20H22ClFN6O2/c1-12-10-24-6-7-27(12)18-14-9-15(22)17(21)25-19(14)28(20(30)26-18)16-11-23-5-4-13(16)3-2-8-29/h4-5,9,11-12,24,29H,2-3,6-8,10H2,1H3. The molecule has 4 heterocycles. The van der Waals surface area contributed by atoms with Crippen molar-refractivity contribution in [3.63, 3.8) is 0 Å². The summed E-state index contributed by atoms with van der Waals surface area (Å²) in [6.45, 7) is 4.12. The summed E-state index contributed by atoms with van der Waals surface area (Å²) in [5.74, 6) is -0.281. The number of nitrogens with one attached hydrogen (secondary N) is 1. The van der Waals surface area contributed by atoms with Crippen LogP contribution in [0.5, 0.6) is 0 Å². The summed E-state index contributed by atoms with van der Waals surface area (Å²) >= 11 is 6.00. The average molecular weight is 433 g/mol. The molecule has 10 heteroatoms. The SMILES string of the molecule is CC1CNCCN1c1nc(=O)n(-c2cnccc2CCCO)c2nc(Cl)c(F)cc12. The molecule has 158 valence electrons. The van der Waals surface area contributed by atoms with Crippen LogP contribution < -0.4 is 15.9 Å². The van der Waals surface area contributed by atoms with E-state index in [9.17, 15) is 14.3 Å². The van der Waals surface area contributed by atoms with Crippen LogP contribution in [0.3, 0.4) is 0 Å². The van der Waals surface area contributed by atoms with Gasteiger partial charge in [-0.1, -0.05) is 11.6 Å². The number of aromatic nitrogens is 4. The van der Waals surface area contributed by atoms with Gasteiger partial charge in [-0.2, -0.15) is 4.98 Å². The molecule has 0 radical (unpaired) electrons. The molecule has 4 rings (SSSR count). The van der Waals surface area contributed by atoms with Gasteiger partial charge in [-0.3, -0.25) is 4.98 Å². The van der Waals surface area contributed by atoms with E-state index in [1.54, 1.807) is 18.5 Å². The summed E-state index contributed by atoms with van der Waals surface area (Å²) in [4.78, 5) is 27.8. The lowest BCUT2D eigenvalue weighted by Gasteiger charge is -2.35. The smallest absolute Gasteiger partial charge is 0.355 e. The molecule has 1 fully saturated rings. The van der Waals surface area contributed by atoms with Gasteiger partial charge < -0.3 is 15.3 Å². The highest BCUT2D eigenvalue weighted by Crippen LogP contribution is 2.29. The molecule has 1 aliphatic heterocycles. The Bertz CT molecular complexity index is 1140. The molecule has 0 spiro atoms. The van der Waals surface area contributed by atoms with Crippen LogP contribution in [0.15, 0.2) is 29.3 Å². The van der Waals surface area contributed by atoms with Gasteiger partial charge in [0.05, 0.1) is 17.3 Å². The normalized spacial score (nSPS) is 16.9. The second kappa shape index (κ2) is 8.63. The highest BCUT2D eigenvalue weighted by molar-refractivity contribution is 6.30. The van der Waals surface area contributed by atoms with Gasteiger partial charge in [0, 0.05) is 38.5 Å². The molecule has 1 unspecified atom stereocenters. The van der Waals surface area contributed by atoms with Crippen LogP contribution in [0.4, 0.5) is 10.2 Å². The molecule has 8 nitrogen and oxygen atoms in total. The Balaban J connectivity index is 1.99. The summed E-state index contributed by atoms with van der Waals surface area (Å²) < 4.78 is 15.7. The molecular weight excluding hydrogens is 411 g/mol. The van der Waals surface area contributed by atoms with Crippen LogP contribution in [0.25, 0.3) is 16.7 Å². The molecule has 0 bridgehead atoms. The minimum absolute atomic E-state index is 0.0186. The summed E-state index contributed by atoms with van der Waals surface area (Å²) in [7, 11) is 0. The number of aliphatic hydroxyl groups excluding tert-OH is 1. The van der Waals surface area contributed by atoms with Crippen LogP contribution in [-0.4, -0.2) is 56.9 Å². The van der Waals surface area contributed by atoms with Crippen LogP contribution in [0.1, 0.15) is 18.9 Å². The number of pyridine rings is 2. The number of aliphatic hydroxyl groups is 1. The number of nitrogens with zero attached hydrogens (tertiary/aromatic N) is 5. The van der Waals surface area contributed by atoms with Crippen LogP contribution in [0, 0.1) is 5.82 Å². The Labute approximate surface area is 177 Å². The maximum Gasteiger partial charge on any atom is 0.355 e. The fraction of sp³-hybridized carbons (Fsp3) is 0.400. The van der Waals surface area contributed by atoms with E-state index in [-0.39, 0.29) is 23.4 Å². The molecule has 1 aliphatic rings. The number of piperazine rings is 1. The number of halogens is 2. The van der Waals surface area contributed by atoms with Gasteiger partial charge in [-0.05, 0) is 37.5 Å². The largest absolute Gasteiger partial charge is 0.396 e. The van der Waals surface area contributed by atoms with Crippen molar-refractivity contribution in [1.29, 1.82) is 0 Å². The van der Waals surface area contributed by atoms with E-state index in [0.717, 1.165) is 18.7 Å². The predicted octanol–water partition coefficient (Wildman–Crippen LogP) is 1.69. The Morgan fingerprint density at radius 1 is 1.40 bits per heavy atom. The van der Waals surface area contributed by atoms with Crippen molar-refractivity contribution in [1.82, 2.24) is 24.8 Å². The number of rotatable bonds is 5. The Morgan fingerprint density at radius 2 is 2.23 bits per heavy atom. The third-order valence-corrected chi connectivity index (χ3v) is 5.53. The minimum Gasteiger partial charge on any atom is -0.396 e. The quantitative estimate of drug-likeness (QED) is 0.592. The van der Waals surface area contributed by atoms with Crippen LogP contribution >= 0.6 is 11.6 Å². The summed E-state index contributed by atoms with van der Waals surface area (Å²) in [5.41, 5.74) is 0.968. The lowest BCUT2D eigenvalue weighted by atomic mass is 10.1. The molecule has 0 saturated carbocycles. The molecule has 0 aromatic carbocycles. The van der Waals surface area contributed by atoms with Crippen molar-refractivity contribution < 1.29 is 9.50 Å². The number of hydrogen-bond donors (Lipinski definition) is 2. The number of hydrogen-bond acceptors (Lipinski definition) is 7. The van der Waals surface area contributed by atoms with E-state index in [2.05, 4.69) is 20.3 Å². The third-order valence-electron chi connectivity index (χ3n) is 5.26. The minimum atomic E-state index is -0.674. The second-order valence-electron chi connectivity index (χ2n) is 7.26. The average Bonchev–Trinajstić information content (AvgIpc) is 2.74. The molecule has 0 amide bonds. The van der Waals surface area contributed by atoms with Gasteiger partial charge in [-0.25, -0.2) is 18.7 Å². The fourth-order valence-corrected chi connectivity index (χ4v) is 3.91. The zero-order chi connectivity index (χ0) is 21.3. The van der Waals surface area contributed by atoms with Crippen molar-refractivity contribution in [2.75, 3.05) is 31.1 Å². The molecule has 1 saturated heterocycles. The van der Waals surface area contributed by atoms with E-state index in [1.807, 2.05) is 11.8 Å². The van der Waals surface area contributed by atoms with E-state index >= 15 is 0 Å². The topological polar surface area (TPSA) is 96.2 Å². The first kappa shape index (κ1) is 20.6. The first-order valence-corrected chi connectivity index (χ1v) is 10.2. The third kappa shape index (κ3) is 3.76. The van der Waals surface area contributed by atoms with Gasteiger partial charge in [-0.15, -0.1) is 0 Å². The zero-order valence-corrected chi connectivity index (χ0v) is 17.2. The number of anilines is 1. The summed E-state index contributed by atoms with van der Waals surface area (Å²) in [6, 6.07) is 3.13. The Hall–Kier alpha value is -2.62. The van der Waals surface area contributed by atoms with E-state index in [4.69, 9.17) is 11.6 Å². The molecular formula is C20H22ClFN6O2. The summed E-state index contributed by atoms with van der Waals surface area (Å²) in [6.07, 6.45) is 4.22. The van der Waals surface area contributed by atoms with Crippen molar-refractivity contribution in [2.45, 2.75) is 25.8 Å². The zero-order valence-electron chi connectivity index (χ0n) is 16.5. The van der Waals surface area contributed by atoms with Gasteiger partial charge in [0.2, 0.25) is 0 Å². The first-order chi connectivity index (χ1) is 14.5. The van der Waals surface area contributed by atoms with Crippen molar-refractivity contribution in [3.05, 3.63) is 51.5 Å². The molecule has 0 aliphatic carbocycles. The van der Waals surface area contributed by atoms with Crippen molar-refractivity contribution in [3.8, 4) is 5.69 Å². The maximum absolute atomic E-state index is 14.4. The monoisotopic (exact) mass is 432 g/mol. The molecule has 1 atom stereocenters. The molecule has 3 aromatic rings. The van der Waals surface area contributed by atoms with Gasteiger partial charge in [0.1, 0.15) is 5.82 Å². The van der Waals surface area contributed by atoms with E-state index in [1.165, 1.54) is 10.6 Å². The van der Waals surface area contributed by atoms with Crippen molar-refractivity contribution >= 4 is 28.5 Å². The highest BCUT2D eigenvalue weighted by atomic mass is 35.5. The van der Waals surface area contributed by atoms with Gasteiger partial charge in [0.25, 0.3) is 0 Å². The Morgan fingerprint density at radius 3 is 3.00 bits per heavy atom. The van der Waals surface area contributed by atoms with E-state index < -0.39 is 11.5 Å². The highest BCUT2D eigenvalue weighted by Gasteiger charge is 2.25. The second-order valence-corrected chi connectivity index (χ2v) is 7.62. The van der Waals surface area contributed by atoms with E-state index in [0.29, 0.717) is 36.3 Å². The lowest BCUT2D eigenvalue weighted by Crippen LogP contribution is -2.50. The molecule has 3 aromatic heterocycles. The first-order valence-electron chi connectivity index (χ1n) is 9.81. The Kier molecular flexibility index (Phi) is 5.94. The van der Waals surface area contributed by atoms with Crippen LogP contribution in [0.2, 0.25) is 5.15 Å². The van der Waals surface area contributed by atoms with Crippen LogP contribution in [-0.2, 0) is 6.42 Å². The lowest BCUT2D eigenvalue weighted by molar-refractivity contribution is 0.288. The number of fused-ring (bicyclic) bond motifs is 1.